The zero-order valence-electron chi connectivity index (χ0n) is 15.0. The van der Waals surface area contributed by atoms with Gasteiger partial charge in [-0.3, -0.25) is 4.79 Å². The van der Waals surface area contributed by atoms with Crippen LogP contribution in [-0.2, 0) is 12.8 Å². The Morgan fingerprint density at radius 3 is 2.67 bits per heavy atom. The lowest BCUT2D eigenvalue weighted by atomic mass is 9.99. The number of carbonyl (C=O) groups is 1. The van der Waals surface area contributed by atoms with Gasteiger partial charge in [0.1, 0.15) is 11.4 Å². The van der Waals surface area contributed by atoms with E-state index in [-0.39, 0.29) is 11.7 Å². The number of nitrogens with zero attached hydrogens (tertiary/aromatic N) is 2. The molecule has 27 heavy (non-hydrogen) atoms. The average Bonchev–Trinajstić information content (AvgIpc) is 3.34. The van der Waals surface area contributed by atoms with Crippen molar-refractivity contribution in [1.29, 1.82) is 0 Å². The first-order chi connectivity index (χ1) is 13.2. The molecule has 2 heterocycles. The third kappa shape index (κ3) is 4.37. The number of amides is 1. The summed E-state index contributed by atoms with van der Waals surface area (Å²) >= 11 is 1.55. The minimum absolute atomic E-state index is 0.0405. The molecule has 0 radical (unpaired) electrons. The van der Waals surface area contributed by atoms with Gasteiger partial charge in [0.05, 0.1) is 5.01 Å². The van der Waals surface area contributed by atoms with Crippen molar-refractivity contribution in [3.8, 4) is 5.75 Å². The number of benzene rings is 2. The Hall–Kier alpha value is -2.66. The Kier molecular flexibility index (Phi) is 5.21. The molecule has 1 N–H and O–H groups in total. The molecular formula is C22H22N2O2S. The molecule has 138 valence electrons. The standard InChI is InChI=1S/C22H22N2O2S/c25-19-8-6-17(7-9-19)12-18-10-11-24(14-18)22(26)20-15-27-21(23-20)13-16-4-2-1-3-5-16/h1-9,15,18,25H,10-14H2. The van der Waals surface area contributed by atoms with Crippen molar-refractivity contribution in [2.24, 2.45) is 5.92 Å². The van der Waals surface area contributed by atoms with Crippen LogP contribution in [0.25, 0.3) is 0 Å². The van der Waals surface area contributed by atoms with E-state index in [1.165, 1.54) is 11.1 Å². The van der Waals surface area contributed by atoms with E-state index in [1.807, 2.05) is 40.6 Å². The third-order valence-corrected chi connectivity index (χ3v) is 5.85. The molecule has 0 bridgehead atoms. The number of rotatable bonds is 5. The highest BCUT2D eigenvalue weighted by molar-refractivity contribution is 7.09. The van der Waals surface area contributed by atoms with Gasteiger partial charge < -0.3 is 10.0 Å². The van der Waals surface area contributed by atoms with Gasteiger partial charge in [0.2, 0.25) is 0 Å². The predicted molar refractivity (Wildman–Crippen MR) is 107 cm³/mol. The Bertz CT molecular complexity index is 906. The zero-order chi connectivity index (χ0) is 18.6. The summed E-state index contributed by atoms with van der Waals surface area (Å²) in [4.78, 5) is 19.3. The van der Waals surface area contributed by atoms with Gasteiger partial charge in [-0.25, -0.2) is 4.98 Å². The fourth-order valence-electron chi connectivity index (χ4n) is 3.57. The summed E-state index contributed by atoms with van der Waals surface area (Å²) in [5, 5.41) is 12.3. The summed E-state index contributed by atoms with van der Waals surface area (Å²) in [5.41, 5.74) is 2.98. The average molecular weight is 378 g/mol. The van der Waals surface area contributed by atoms with Crippen LogP contribution in [0, 0.1) is 5.92 Å². The van der Waals surface area contributed by atoms with Crippen LogP contribution in [0.2, 0.25) is 0 Å². The van der Waals surface area contributed by atoms with E-state index in [1.54, 1.807) is 23.5 Å². The van der Waals surface area contributed by atoms with Gasteiger partial charge in [0, 0.05) is 24.9 Å². The maximum Gasteiger partial charge on any atom is 0.273 e. The van der Waals surface area contributed by atoms with Crippen LogP contribution in [0.1, 0.15) is 33.0 Å². The Morgan fingerprint density at radius 1 is 1.11 bits per heavy atom. The molecule has 1 aromatic heterocycles. The normalized spacial score (nSPS) is 16.6. The van der Waals surface area contributed by atoms with Crippen molar-refractivity contribution in [2.75, 3.05) is 13.1 Å². The lowest BCUT2D eigenvalue weighted by Crippen LogP contribution is -2.29. The van der Waals surface area contributed by atoms with Gasteiger partial charge in [0.15, 0.2) is 0 Å². The van der Waals surface area contributed by atoms with Crippen molar-refractivity contribution < 1.29 is 9.90 Å². The van der Waals surface area contributed by atoms with Gasteiger partial charge in [-0.2, -0.15) is 0 Å². The first-order valence-electron chi connectivity index (χ1n) is 9.23. The highest BCUT2D eigenvalue weighted by Crippen LogP contribution is 2.24. The van der Waals surface area contributed by atoms with Crippen molar-refractivity contribution in [2.45, 2.75) is 19.3 Å². The monoisotopic (exact) mass is 378 g/mol. The van der Waals surface area contributed by atoms with Crippen LogP contribution in [0.5, 0.6) is 5.75 Å². The summed E-state index contributed by atoms with van der Waals surface area (Å²) in [6.45, 7) is 1.55. The Balaban J connectivity index is 1.35. The molecule has 1 fully saturated rings. The van der Waals surface area contributed by atoms with Crippen LogP contribution in [0.15, 0.2) is 60.0 Å². The molecule has 2 aromatic carbocycles. The Morgan fingerprint density at radius 2 is 1.89 bits per heavy atom. The molecule has 1 amide bonds. The molecule has 3 aromatic rings. The first kappa shape index (κ1) is 17.7. The first-order valence-corrected chi connectivity index (χ1v) is 10.1. The largest absolute Gasteiger partial charge is 0.508 e. The van der Waals surface area contributed by atoms with Crippen LogP contribution < -0.4 is 0 Å². The lowest BCUT2D eigenvalue weighted by molar-refractivity contribution is 0.0782. The van der Waals surface area contributed by atoms with Gasteiger partial charge in [0.25, 0.3) is 5.91 Å². The van der Waals surface area contributed by atoms with Gasteiger partial charge >= 0.3 is 0 Å². The molecule has 1 aliphatic heterocycles. The number of aromatic nitrogens is 1. The number of hydrogen-bond acceptors (Lipinski definition) is 4. The summed E-state index contributed by atoms with van der Waals surface area (Å²) in [5.74, 6) is 0.788. The number of hydrogen-bond donors (Lipinski definition) is 1. The third-order valence-electron chi connectivity index (χ3n) is 5.00. The molecule has 4 nitrogen and oxygen atoms in total. The van der Waals surface area contributed by atoms with Crippen LogP contribution in [0.4, 0.5) is 0 Å². The molecule has 0 saturated carbocycles. The number of phenols is 1. The lowest BCUT2D eigenvalue weighted by Gasteiger charge is -2.15. The fraction of sp³-hybridized carbons (Fsp3) is 0.273. The number of phenolic OH excluding ortho intramolecular Hbond substituents is 1. The molecule has 0 aliphatic carbocycles. The molecule has 4 rings (SSSR count). The van der Waals surface area contributed by atoms with Crippen LogP contribution in [-0.4, -0.2) is 34.0 Å². The molecule has 0 spiro atoms. The van der Waals surface area contributed by atoms with E-state index in [4.69, 9.17) is 0 Å². The maximum absolute atomic E-state index is 12.8. The predicted octanol–water partition coefficient (Wildman–Crippen LogP) is 4.14. The van der Waals surface area contributed by atoms with E-state index in [0.29, 0.717) is 11.6 Å². The molecule has 1 aliphatic rings. The molecule has 1 saturated heterocycles. The second kappa shape index (κ2) is 7.92. The van der Waals surface area contributed by atoms with E-state index >= 15 is 0 Å². The van der Waals surface area contributed by atoms with Crippen LogP contribution >= 0.6 is 11.3 Å². The highest BCUT2D eigenvalue weighted by atomic mass is 32.1. The highest BCUT2D eigenvalue weighted by Gasteiger charge is 2.28. The number of likely N-dealkylation sites (tertiary alicyclic amines) is 1. The van der Waals surface area contributed by atoms with Gasteiger partial charge in [-0.05, 0) is 42.0 Å². The topological polar surface area (TPSA) is 53.4 Å². The fourth-order valence-corrected chi connectivity index (χ4v) is 4.37. The molecule has 5 heteroatoms. The summed E-state index contributed by atoms with van der Waals surface area (Å²) in [6, 6.07) is 17.6. The zero-order valence-corrected chi connectivity index (χ0v) is 15.9. The van der Waals surface area contributed by atoms with Crippen LogP contribution in [0.3, 0.4) is 0 Å². The number of thiazole rings is 1. The number of carbonyl (C=O) groups excluding carboxylic acids is 1. The van der Waals surface area contributed by atoms with Gasteiger partial charge in [-0.15, -0.1) is 11.3 Å². The minimum atomic E-state index is 0.0405. The van der Waals surface area contributed by atoms with Gasteiger partial charge in [-0.1, -0.05) is 42.5 Å². The van der Waals surface area contributed by atoms with Crippen molar-refractivity contribution >= 4 is 17.2 Å². The quantitative estimate of drug-likeness (QED) is 0.726. The summed E-state index contributed by atoms with van der Waals surface area (Å²) < 4.78 is 0. The molecular weight excluding hydrogens is 356 g/mol. The maximum atomic E-state index is 12.8. The van der Waals surface area contributed by atoms with E-state index < -0.39 is 0 Å². The second-order valence-corrected chi connectivity index (χ2v) is 8.01. The minimum Gasteiger partial charge on any atom is -0.508 e. The SMILES string of the molecule is O=C(c1csc(Cc2ccccc2)n1)N1CCC(Cc2ccc(O)cc2)C1. The van der Waals surface area contributed by atoms with Crippen molar-refractivity contribution in [3.05, 3.63) is 81.8 Å². The molecule has 1 atom stereocenters. The van der Waals surface area contributed by atoms with Crippen molar-refractivity contribution in [1.82, 2.24) is 9.88 Å². The Labute approximate surface area is 163 Å². The van der Waals surface area contributed by atoms with E-state index in [2.05, 4.69) is 17.1 Å². The number of aromatic hydroxyl groups is 1. The smallest absolute Gasteiger partial charge is 0.273 e. The van der Waals surface area contributed by atoms with Crippen molar-refractivity contribution in [3.63, 3.8) is 0 Å². The molecule has 1 unspecified atom stereocenters. The summed E-state index contributed by atoms with van der Waals surface area (Å²) in [6.07, 6.45) is 2.70. The second-order valence-electron chi connectivity index (χ2n) is 7.07. The summed E-state index contributed by atoms with van der Waals surface area (Å²) in [7, 11) is 0. The van der Waals surface area contributed by atoms with E-state index in [9.17, 15) is 9.90 Å². The van der Waals surface area contributed by atoms with E-state index in [0.717, 1.165) is 37.4 Å².